The van der Waals surface area contributed by atoms with Gasteiger partial charge in [-0.3, -0.25) is 4.98 Å². The normalized spacial score (nSPS) is 13.1. The van der Waals surface area contributed by atoms with E-state index in [4.69, 9.17) is 4.42 Å². The number of nitrogens with one attached hydrogen (secondary N) is 1. The van der Waals surface area contributed by atoms with Crippen molar-refractivity contribution in [2.45, 2.75) is 12.5 Å². The molecule has 2 N–H and O–H groups in total. The van der Waals surface area contributed by atoms with Crippen LogP contribution < -0.4 is 5.76 Å². The van der Waals surface area contributed by atoms with Crippen molar-refractivity contribution in [1.29, 1.82) is 0 Å². The minimum atomic E-state index is -0.491. The zero-order valence-electron chi connectivity index (χ0n) is 8.90. The summed E-state index contributed by atoms with van der Waals surface area (Å²) >= 11 is 1.70. The van der Waals surface area contributed by atoms with E-state index >= 15 is 0 Å². The first kappa shape index (κ1) is 11.3. The van der Waals surface area contributed by atoms with E-state index in [2.05, 4.69) is 4.98 Å². The number of hydrogen-bond acceptors (Lipinski definition) is 4. The van der Waals surface area contributed by atoms with Crippen molar-refractivity contribution >= 4 is 22.9 Å². The number of H-pyrrole nitrogens is 1. The van der Waals surface area contributed by atoms with Crippen molar-refractivity contribution in [3.05, 3.63) is 34.3 Å². The van der Waals surface area contributed by atoms with Gasteiger partial charge in [-0.15, -0.1) is 0 Å². The molecule has 0 fully saturated rings. The average Bonchev–Trinajstić information content (AvgIpc) is 2.64. The fourth-order valence-corrected chi connectivity index (χ4v) is 2.03. The van der Waals surface area contributed by atoms with Gasteiger partial charge in [0, 0.05) is 0 Å². The van der Waals surface area contributed by atoms with Crippen molar-refractivity contribution in [2.24, 2.45) is 0 Å². The van der Waals surface area contributed by atoms with Gasteiger partial charge in [-0.2, -0.15) is 11.8 Å². The summed E-state index contributed by atoms with van der Waals surface area (Å²) in [6.07, 6.45) is 2.22. The Bertz CT molecular complexity index is 531. The second-order valence-corrected chi connectivity index (χ2v) is 4.55. The van der Waals surface area contributed by atoms with Crippen LogP contribution in [0, 0.1) is 0 Å². The van der Waals surface area contributed by atoms with Crippen molar-refractivity contribution in [3.63, 3.8) is 0 Å². The number of oxazole rings is 1. The molecular formula is C11H13NO3S. The van der Waals surface area contributed by atoms with Crippen LogP contribution >= 0.6 is 11.8 Å². The minimum Gasteiger partial charge on any atom is -0.408 e. The van der Waals surface area contributed by atoms with Crippen LogP contribution in [0.2, 0.25) is 0 Å². The molecule has 2 rings (SSSR count). The Labute approximate surface area is 96.7 Å². The van der Waals surface area contributed by atoms with Crippen molar-refractivity contribution in [3.8, 4) is 0 Å². The maximum absolute atomic E-state index is 11.0. The summed E-state index contributed by atoms with van der Waals surface area (Å²) < 4.78 is 4.89. The largest absolute Gasteiger partial charge is 0.417 e. The highest BCUT2D eigenvalue weighted by molar-refractivity contribution is 7.98. The number of rotatable bonds is 4. The van der Waals surface area contributed by atoms with Crippen molar-refractivity contribution < 1.29 is 9.52 Å². The molecule has 0 bridgehead atoms. The maximum atomic E-state index is 11.0. The Kier molecular flexibility index (Phi) is 3.36. The standard InChI is InChI=1S/C11H13NO3S/c1-16-5-4-9(13)7-2-3-10-8(6-7)12-11(14)15-10/h2-3,6,9,13H,4-5H2,1H3,(H,12,14). The summed E-state index contributed by atoms with van der Waals surface area (Å²) in [5.74, 6) is 0.437. The Hall–Kier alpha value is -1.20. The van der Waals surface area contributed by atoms with Gasteiger partial charge in [0.25, 0.3) is 0 Å². The van der Waals surface area contributed by atoms with E-state index in [0.717, 1.165) is 11.3 Å². The summed E-state index contributed by atoms with van der Waals surface area (Å²) in [5.41, 5.74) is 1.95. The van der Waals surface area contributed by atoms with Crippen molar-refractivity contribution in [1.82, 2.24) is 4.98 Å². The zero-order valence-corrected chi connectivity index (χ0v) is 9.71. The lowest BCUT2D eigenvalue weighted by Gasteiger charge is -2.09. The quantitative estimate of drug-likeness (QED) is 0.855. The number of aromatic nitrogens is 1. The molecule has 1 atom stereocenters. The third-order valence-electron chi connectivity index (χ3n) is 2.42. The lowest BCUT2D eigenvalue weighted by molar-refractivity contribution is 0.175. The highest BCUT2D eigenvalue weighted by Crippen LogP contribution is 2.21. The van der Waals surface area contributed by atoms with Gasteiger partial charge < -0.3 is 9.52 Å². The molecular weight excluding hydrogens is 226 g/mol. The molecule has 0 spiro atoms. The third-order valence-corrected chi connectivity index (χ3v) is 3.07. The molecule has 16 heavy (non-hydrogen) atoms. The molecule has 0 aliphatic carbocycles. The maximum Gasteiger partial charge on any atom is 0.417 e. The van der Waals surface area contributed by atoms with Crippen LogP contribution in [0.15, 0.2) is 27.4 Å². The number of hydrogen-bond donors (Lipinski definition) is 2. The van der Waals surface area contributed by atoms with E-state index in [1.807, 2.05) is 6.26 Å². The van der Waals surface area contributed by atoms with E-state index in [-0.39, 0.29) is 0 Å². The van der Waals surface area contributed by atoms with Gasteiger partial charge in [0.05, 0.1) is 11.6 Å². The third kappa shape index (κ3) is 2.31. The first-order valence-corrected chi connectivity index (χ1v) is 6.40. The van der Waals surface area contributed by atoms with E-state index in [9.17, 15) is 9.90 Å². The molecule has 86 valence electrons. The molecule has 0 saturated carbocycles. The average molecular weight is 239 g/mol. The van der Waals surface area contributed by atoms with Gasteiger partial charge in [-0.25, -0.2) is 4.79 Å². The van der Waals surface area contributed by atoms with E-state index < -0.39 is 11.9 Å². The van der Waals surface area contributed by atoms with Gasteiger partial charge in [-0.1, -0.05) is 6.07 Å². The molecule has 1 unspecified atom stereocenters. The molecule has 1 aromatic carbocycles. The zero-order chi connectivity index (χ0) is 11.5. The predicted molar refractivity (Wildman–Crippen MR) is 64.8 cm³/mol. The van der Waals surface area contributed by atoms with E-state index in [1.165, 1.54) is 0 Å². The highest BCUT2D eigenvalue weighted by atomic mass is 32.2. The first-order chi connectivity index (χ1) is 7.70. The number of aliphatic hydroxyl groups excluding tert-OH is 1. The molecule has 0 amide bonds. The van der Waals surface area contributed by atoms with Gasteiger partial charge in [0.15, 0.2) is 5.58 Å². The molecule has 1 heterocycles. The van der Waals surface area contributed by atoms with Gasteiger partial charge in [0.2, 0.25) is 0 Å². The summed E-state index contributed by atoms with van der Waals surface area (Å²) in [6.45, 7) is 0. The van der Waals surface area contributed by atoms with Crippen LogP contribution in [0.1, 0.15) is 18.1 Å². The lowest BCUT2D eigenvalue weighted by Crippen LogP contribution is -1.98. The van der Waals surface area contributed by atoms with Gasteiger partial charge in [0.1, 0.15) is 0 Å². The van der Waals surface area contributed by atoms with Crippen LogP contribution in [0.4, 0.5) is 0 Å². The highest BCUT2D eigenvalue weighted by Gasteiger charge is 2.09. The molecule has 0 aliphatic heterocycles. The number of aromatic amines is 1. The molecule has 0 radical (unpaired) electrons. The molecule has 1 aromatic heterocycles. The van der Waals surface area contributed by atoms with Gasteiger partial charge >= 0.3 is 5.76 Å². The number of fused-ring (bicyclic) bond motifs is 1. The van der Waals surface area contributed by atoms with Crippen molar-refractivity contribution in [2.75, 3.05) is 12.0 Å². The SMILES string of the molecule is CSCCC(O)c1ccc2oc(=O)[nH]c2c1. The fourth-order valence-electron chi connectivity index (χ4n) is 1.57. The Morgan fingerprint density at radius 1 is 1.56 bits per heavy atom. The molecule has 2 aromatic rings. The molecule has 0 saturated heterocycles. The second kappa shape index (κ2) is 4.76. The molecule has 0 aliphatic rings. The molecule has 5 heteroatoms. The predicted octanol–water partition coefficient (Wildman–Crippen LogP) is 1.91. The fraction of sp³-hybridized carbons (Fsp3) is 0.364. The first-order valence-electron chi connectivity index (χ1n) is 5.00. The number of aliphatic hydroxyl groups is 1. The Balaban J connectivity index is 2.27. The smallest absolute Gasteiger partial charge is 0.408 e. The van der Waals surface area contributed by atoms with Crippen LogP contribution in [-0.2, 0) is 0 Å². The number of thioether (sulfide) groups is 1. The van der Waals surface area contributed by atoms with Gasteiger partial charge in [-0.05, 0) is 36.1 Å². The Morgan fingerprint density at radius 2 is 2.38 bits per heavy atom. The summed E-state index contributed by atoms with van der Waals surface area (Å²) in [7, 11) is 0. The summed E-state index contributed by atoms with van der Waals surface area (Å²) in [4.78, 5) is 13.5. The van der Waals surface area contributed by atoms with Crippen LogP contribution in [0.5, 0.6) is 0 Å². The summed E-state index contributed by atoms with van der Waals surface area (Å²) in [5, 5.41) is 9.88. The van der Waals surface area contributed by atoms with Crippen LogP contribution in [0.3, 0.4) is 0 Å². The topological polar surface area (TPSA) is 66.2 Å². The van der Waals surface area contributed by atoms with E-state index in [0.29, 0.717) is 17.5 Å². The molecule has 4 nitrogen and oxygen atoms in total. The Morgan fingerprint density at radius 3 is 3.12 bits per heavy atom. The number of benzene rings is 1. The summed E-state index contributed by atoms with van der Waals surface area (Å²) in [6, 6.07) is 5.24. The van der Waals surface area contributed by atoms with E-state index in [1.54, 1.807) is 30.0 Å². The lowest BCUT2D eigenvalue weighted by atomic mass is 10.1. The minimum absolute atomic E-state index is 0.467. The second-order valence-electron chi connectivity index (χ2n) is 3.57. The van der Waals surface area contributed by atoms with Crippen LogP contribution in [-0.4, -0.2) is 22.1 Å². The monoisotopic (exact) mass is 239 g/mol. The van der Waals surface area contributed by atoms with Crippen LogP contribution in [0.25, 0.3) is 11.1 Å².